The number of nitrogens with one attached hydrogen (secondary N) is 1. The predicted octanol–water partition coefficient (Wildman–Crippen LogP) is 2.58. The molecule has 1 N–H and O–H groups in total. The monoisotopic (exact) mass is 173 g/mol. The quantitative estimate of drug-likeness (QED) is 0.695. The van der Waals surface area contributed by atoms with E-state index in [-0.39, 0.29) is 5.91 Å². The highest BCUT2D eigenvalue weighted by molar-refractivity contribution is 5.75. The number of amides is 1. The fourth-order valence-electron chi connectivity index (χ4n) is 0.730. The maximum atomic E-state index is 10.9. The molecule has 0 aliphatic rings. The van der Waals surface area contributed by atoms with Crippen LogP contribution in [0.1, 0.15) is 47.5 Å². The molecular formula is C10H23NO. The summed E-state index contributed by atoms with van der Waals surface area (Å²) in [6.45, 7) is 10.9. The molecule has 0 saturated heterocycles. The number of hydrogen-bond acceptors (Lipinski definition) is 1. The number of hydrogen-bond donors (Lipinski definition) is 1. The highest BCUT2D eigenvalue weighted by atomic mass is 16.1. The van der Waals surface area contributed by atoms with Crippen LogP contribution < -0.4 is 5.32 Å². The van der Waals surface area contributed by atoms with E-state index in [1.807, 2.05) is 20.8 Å². The summed E-state index contributed by atoms with van der Waals surface area (Å²) in [4.78, 5) is 10.9. The van der Waals surface area contributed by atoms with Crippen molar-refractivity contribution in [2.24, 2.45) is 5.92 Å². The molecule has 1 atom stereocenters. The van der Waals surface area contributed by atoms with Gasteiger partial charge in [-0.2, -0.15) is 0 Å². The van der Waals surface area contributed by atoms with Gasteiger partial charge in [-0.3, -0.25) is 4.79 Å². The molecule has 0 heterocycles. The standard InChI is InChI=1S/C8H17NO.C2H6/c1-4-7(3)6-8(10)9-5-2;1-2/h7H,4-6H2,1-3H3,(H,9,10);1-2H3. The van der Waals surface area contributed by atoms with Crippen molar-refractivity contribution in [2.45, 2.75) is 47.5 Å². The summed E-state index contributed by atoms with van der Waals surface area (Å²) in [6.07, 6.45) is 1.75. The van der Waals surface area contributed by atoms with Gasteiger partial charge < -0.3 is 5.32 Å². The summed E-state index contributed by atoms with van der Waals surface area (Å²) in [7, 11) is 0. The van der Waals surface area contributed by atoms with Crippen LogP contribution in [0, 0.1) is 5.92 Å². The molecule has 0 aromatic rings. The van der Waals surface area contributed by atoms with Gasteiger partial charge >= 0.3 is 0 Å². The van der Waals surface area contributed by atoms with Gasteiger partial charge in [0.05, 0.1) is 0 Å². The highest BCUT2D eigenvalue weighted by Gasteiger charge is 2.04. The van der Waals surface area contributed by atoms with Crippen molar-refractivity contribution < 1.29 is 4.79 Å². The Morgan fingerprint density at radius 2 is 1.83 bits per heavy atom. The zero-order valence-electron chi connectivity index (χ0n) is 9.11. The average Bonchev–Trinajstić information content (AvgIpc) is 2.08. The van der Waals surface area contributed by atoms with Crippen molar-refractivity contribution >= 4 is 5.91 Å². The fraction of sp³-hybridized carbons (Fsp3) is 0.900. The second kappa shape index (κ2) is 10.5. The number of rotatable bonds is 4. The fourth-order valence-corrected chi connectivity index (χ4v) is 0.730. The normalized spacial score (nSPS) is 11.1. The molecule has 0 rings (SSSR count). The Balaban J connectivity index is 0. The molecule has 1 unspecified atom stereocenters. The first-order valence-electron chi connectivity index (χ1n) is 4.97. The smallest absolute Gasteiger partial charge is 0.220 e. The summed E-state index contributed by atoms with van der Waals surface area (Å²) in [5.74, 6) is 0.698. The van der Waals surface area contributed by atoms with E-state index in [1.54, 1.807) is 0 Å². The van der Waals surface area contributed by atoms with Crippen molar-refractivity contribution in [3.8, 4) is 0 Å². The van der Waals surface area contributed by atoms with Gasteiger partial charge in [-0.15, -0.1) is 0 Å². The second-order valence-corrected chi connectivity index (χ2v) is 2.67. The minimum atomic E-state index is 0.178. The molecule has 0 spiro atoms. The lowest BCUT2D eigenvalue weighted by Gasteiger charge is -2.06. The summed E-state index contributed by atoms with van der Waals surface area (Å²) in [6, 6.07) is 0. The topological polar surface area (TPSA) is 29.1 Å². The van der Waals surface area contributed by atoms with Crippen LogP contribution in [0.3, 0.4) is 0 Å². The van der Waals surface area contributed by atoms with E-state index in [2.05, 4.69) is 19.2 Å². The van der Waals surface area contributed by atoms with E-state index in [0.717, 1.165) is 13.0 Å². The Labute approximate surface area is 76.7 Å². The molecule has 2 nitrogen and oxygen atoms in total. The maximum absolute atomic E-state index is 10.9. The Kier molecular flexibility index (Phi) is 12.2. The van der Waals surface area contributed by atoms with Crippen LogP contribution in [-0.2, 0) is 4.79 Å². The van der Waals surface area contributed by atoms with Gasteiger partial charge in [-0.25, -0.2) is 0 Å². The number of carbonyl (C=O) groups is 1. The molecule has 0 saturated carbocycles. The first kappa shape index (κ1) is 14.0. The van der Waals surface area contributed by atoms with E-state index < -0.39 is 0 Å². The van der Waals surface area contributed by atoms with Crippen LogP contribution in [0.5, 0.6) is 0 Å². The van der Waals surface area contributed by atoms with Gasteiger partial charge in [0.15, 0.2) is 0 Å². The van der Waals surface area contributed by atoms with E-state index in [0.29, 0.717) is 12.3 Å². The molecule has 12 heavy (non-hydrogen) atoms. The molecule has 0 fully saturated rings. The summed E-state index contributed by atoms with van der Waals surface area (Å²) < 4.78 is 0. The molecule has 0 aliphatic carbocycles. The largest absolute Gasteiger partial charge is 0.356 e. The van der Waals surface area contributed by atoms with Gasteiger partial charge in [0.2, 0.25) is 5.91 Å². The van der Waals surface area contributed by atoms with Crippen LogP contribution in [0.4, 0.5) is 0 Å². The SMILES string of the molecule is CC.CCNC(=O)CC(C)CC. The Morgan fingerprint density at radius 3 is 2.17 bits per heavy atom. The van der Waals surface area contributed by atoms with Gasteiger partial charge in [0.1, 0.15) is 0 Å². The zero-order chi connectivity index (χ0) is 9.98. The van der Waals surface area contributed by atoms with E-state index in [4.69, 9.17) is 0 Å². The minimum absolute atomic E-state index is 0.178. The Bertz CT molecular complexity index is 102. The first-order chi connectivity index (χ1) is 5.70. The van der Waals surface area contributed by atoms with E-state index in [1.165, 1.54) is 0 Å². The third kappa shape index (κ3) is 9.47. The van der Waals surface area contributed by atoms with Crippen LogP contribution >= 0.6 is 0 Å². The van der Waals surface area contributed by atoms with Crippen LogP contribution in [0.15, 0.2) is 0 Å². The average molecular weight is 173 g/mol. The number of carbonyl (C=O) groups excluding carboxylic acids is 1. The summed E-state index contributed by atoms with van der Waals surface area (Å²) in [5, 5.41) is 2.77. The lowest BCUT2D eigenvalue weighted by atomic mass is 10.1. The minimum Gasteiger partial charge on any atom is -0.356 e. The molecule has 0 bridgehead atoms. The van der Waals surface area contributed by atoms with Gasteiger partial charge in [-0.1, -0.05) is 34.1 Å². The molecule has 0 aromatic carbocycles. The molecule has 74 valence electrons. The highest BCUT2D eigenvalue weighted by Crippen LogP contribution is 2.04. The van der Waals surface area contributed by atoms with Crippen LogP contribution in [0.25, 0.3) is 0 Å². The summed E-state index contributed by atoms with van der Waals surface area (Å²) >= 11 is 0. The molecule has 0 aliphatic heterocycles. The van der Waals surface area contributed by atoms with E-state index in [9.17, 15) is 4.79 Å². The third-order valence-electron chi connectivity index (χ3n) is 1.60. The van der Waals surface area contributed by atoms with Crippen LogP contribution in [-0.4, -0.2) is 12.5 Å². The lowest BCUT2D eigenvalue weighted by Crippen LogP contribution is -2.24. The molecule has 1 amide bonds. The molecule has 2 heteroatoms. The van der Waals surface area contributed by atoms with Crippen molar-refractivity contribution in [3.63, 3.8) is 0 Å². The Hall–Kier alpha value is -0.530. The van der Waals surface area contributed by atoms with Crippen molar-refractivity contribution in [1.82, 2.24) is 5.32 Å². The zero-order valence-corrected chi connectivity index (χ0v) is 9.11. The van der Waals surface area contributed by atoms with Gasteiger partial charge in [0, 0.05) is 13.0 Å². The molecule has 0 radical (unpaired) electrons. The molecular weight excluding hydrogens is 150 g/mol. The van der Waals surface area contributed by atoms with Crippen molar-refractivity contribution in [1.29, 1.82) is 0 Å². The Morgan fingerprint density at radius 1 is 1.33 bits per heavy atom. The van der Waals surface area contributed by atoms with Crippen LogP contribution in [0.2, 0.25) is 0 Å². The lowest BCUT2D eigenvalue weighted by molar-refractivity contribution is -0.121. The maximum Gasteiger partial charge on any atom is 0.220 e. The predicted molar refractivity (Wildman–Crippen MR) is 54.1 cm³/mol. The first-order valence-corrected chi connectivity index (χ1v) is 4.97. The summed E-state index contributed by atoms with van der Waals surface area (Å²) in [5.41, 5.74) is 0. The molecule has 0 aromatic heterocycles. The van der Waals surface area contributed by atoms with Crippen molar-refractivity contribution in [2.75, 3.05) is 6.54 Å². The third-order valence-corrected chi connectivity index (χ3v) is 1.60. The second-order valence-electron chi connectivity index (χ2n) is 2.67. The van der Waals surface area contributed by atoms with E-state index >= 15 is 0 Å². The van der Waals surface area contributed by atoms with Gasteiger partial charge in [-0.05, 0) is 12.8 Å². The van der Waals surface area contributed by atoms with Crippen molar-refractivity contribution in [3.05, 3.63) is 0 Å². The van der Waals surface area contributed by atoms with Gasteiger partial charge in [0.25, 0.3) is 0 Å².